The van der Waals surface area contributed by atoms with Crippen molar-refractivity contribution in [3.63, 3.8) is 0 Å². The van der Waals surface area contributed by atoms with E-state index in [-0.39, 0.29) is 29.5 Å². The molecule has 2 aromatic rings. The molecule has 0 bridgehead atoms. The van der Waals surface area contributed by atoms with Crippen LogP contribution in [0.4, 0.5) is 8.78 Å². The Bertz CT molecular complexity index is 873. The summed E-state index contributed by atoms with van der Waals surface area (Å²) in [6.45, 7) is 1.80. The van der Waals surface area contributed by atoms with Gasteiger partial charge in [0.25, 0.3) is 5.91 Å². The Balaban J connectivity index is 1.81. The lowest BCUT2D eigenvalue weighted by atomic mass is 10.2. The van der Waals surface area contributed by atoms with Crippen molar-refractivity contribution >= 4 is 11.8 Å². The van der Waals surface area contributed by atoms with E-state index < -0.39 is 12.5 Å². The Kier molecular flexibility index (Phi) is 9.05. The quantitative estimate of drug-likeness (QED) is 0.564. The molecule has 168 valence electrons. The predicted octanol–water partition coefficient (Wildman–Crippen LogP) is 3.38. The molecule has 0 unspecified atom stereocenters. The summed E-state index contributed by atoms with van der Waals surface area (Å²) in [5, 5.41) is 5.17. The van der Waals surface area contributed by atoms with Gasteiger partial charge in [-0.3, -0.25) is 9.59 Å². The molecule has 0 aliphatic rings. The fourth-order valence-corrected chi connectivity index (χ4v) is 2.49. The first kappa shape index (κ1) is 23.9. The van der Waals surface area contributed by atoms with Gasteiger partial charge in [0, 0.05) is 12.1 Å². The molecule has 7 nitrogen and oxygen atoms in total. The molecule has 31 heavy (non-hydrogen) atoms. The van der Waals surface area contributed by atoms with E-state index in [0.717, 1.165) is 11.3 Å². The van der Waals surface area contributed by atoms with E-state index in [4.69, 9.17) is 9.47 Å². The molecule has 0 fully saturated rings. The van der Waals surface area contributed by atoms with Crippen LogP contribution in [0.5, 0.6) is 17.2 Å². The van der Waals surface area contributed by atoms with Crippen LogP contribution >= 0.6 is 0 Å². The number of hydrogen-bond donors (Lipinski definition) is 2. The molecule has 2 N–H and O–H groups in total. The number of amides is 2. The minimum Gasteiger partial charge on any atom is -0.493 e. The molecular weight excluding hydrogens is 410 g/mol. The van der Waals surface area contributed by atoms with Crippen LogP contribution in [0.15, 0.2) is 42.5 Å². The lowest BCUT2D eigenvalue weighted by Crippen LogP contribution is -2.36. The zero-order valence-corrected chi connectivity index (χ0v) is 17.6. The SMILES string of the molecule is COc1cc(C(=O)NCC(=O)NCc2ccc(OCC(C)C)cc2)ccc1OC(F)F. The van der Waals surface area contributed by atoms with Crippen LogP contribution in [0.3, 0.4) is 0 Å². The number of methoxy groups -OCH3 is 1. The number of alkyl halides is 2. The summed E-state index contributed by atoms with van der Waals surface area (Å²) in [4.78, 5) is 24.2. The molecule has 0 heterocycles. The van der Waals surface area contributed by atoms with Crippen LogP contribution in [0, 0.1) is 5.92 Å². The largest absolute Gasteiger partial charge is 0.493 e. The average molecular weight is 436 g/mol. The van der Waals surface area contributed by atoms with E-state index in [2.05, 4.69) is 29.2 Å². The molecule has 0 aromatic heterocycles. The molecule has 0 saturated carbocycles. The summed E-state index contributed by atoms with van der Waals surface area (Å²) in [6.07, 6.45) is 0. The van der Waals surface area contributed by atoms with Crippen LogP contribution in [-0.4, -0.2) is 38.7 Å². The third-order valence-corrected chi connectivity index (χ3v) is 4.05. The highest BCUT2D eigenvalue weighted by molar-refractivity contribution is 5.97. The predicted molar refractivity (Wildman–Crippen MR) is 111 cm³/mol. The summed E-state index contributed by atoms with van der Waals surface area (Å²) in [5.41, 5.74) is 1.03. The summed E-state index contributed by atoms with van der Waals surface area (Å²) in [6, 6.07) is 11.1. The van der Waals surface area contributed by atoms with Crippen molar-refractivity contribution in [1.29, 1.82) is 0 Å². The monoisotopic (exact) mass is 436 g/mol. The van der Waals surface area contributed by atoms with Crippen LogP contribution in [0.2, 0.25) is 0 Å². The van der Waals surface area contributed by atoms with E-state index in [1.807, 2.05) is 24.3 Å². The van der Waals surface area contributed by atoms with Crippen molar-refractivity contribution in [3.8, 4) is 17.2 Å². The zero-order valence-electron chi connectivity index (χ0n) is 17.6. The maximum absolute atomic E-state index is 12.4. The molecule has 0 saturated heterocycles. The van der Waals surface area contributed by atoms with Gasteiger partial charge in [0.2, 0.25) is 5.91 Å². The first-order valence-corrected chi connectivity index (χ1v) is 9.68. The Labute approximate surface area is 179 Å². The van der Waals surface area contributed by atoms with E-state index in [0.29, 0.717) is 19.1 Å². The van der Waals surface area contributed by atoms with Gasteiger partial charge >= 0.3 is 6.61 Å². The molecule has 0 radical (unpaired) electrons. The fraction of sp³-hybridized carbons (Fsp3) is 0.364. The van der Waals surface area contributed by atoms with Crippen molar-refractivity contribution in [2.45, 2.75) is 27.0 Å². The molecule has 9 heteroatoms. The zero-order chi connectivity index (χ0) is 22.8. The normalized spacial score (nSPS) is 10.7. The van der Waals surface area contributed by atoms with Gasteiger partial charge < -0.3 is 24.8 Å². The minimum absolute atomic E-state index is 0.0155. The number of hydrogen-bond acceptors (Lipinski definition) is 5. The minimum atomic E-state index is -3.01. The number of carbonyl (C=O) groups is 2. The fourth-order valence-electron chi connectivity index (χ4n) is 2.49. The molecule has 2 rings (SSSR count). The Morgan fingerprint density at radius 2 is 1.71 bits per heavy atom. The summed E-state index contributed by atoms with van der Waals surface area (Å²) < 4.78 is 39.6. The van der Waals surface area contributed by atoms with Gasteiger partial charge in [0.15, 0.2) is 11.5 Å². The number of carbonyl (C=O) groups excluding carboxylic acids is 2. The first-order valence-electron chi connectivity index (χ1n) is 9.68. The highest BCUT2D eigenvalue weighted by Gasteiger charge is 2.15. The highest BCUT2D eigenvalue weighted by atomic mass is 19.3. The van der Waals surface area contributed by atoms with Crippen LogP contribution in [0.1, 0.15) is 29.8 Å². The third kappa shape index (κ3) is 8.12. The van der Waals surface area contributed by atoms with E-state index in [1.165, 1.54) is 25.3 Å². The topological polar surface area (TPSA) is 85.9 Å². The molecule has 0 aliphatic heterocycles. The number of nitrogens with one attached hydrogen (secondary N) is 2. The number of ether oxygens (including phenoxy) is 3. The Morgan fingerprint density at radius 1 is 1.00 bits per heavy atom. The van der Waals surface area contributed by atoms with Gasteiger partial charge in [-0.25, -0.2) is 0 Å². The summed E-state index contributed by atoms with van der Waals surface area (Å²) in [5.74, 6) is 0.0584. The number of rotatable bonds is 11. The smallest absolute Gasteiger partial charge is 0.387 e. The number of halogens is 2. The second-order valence-corrected chi connectivity index (χ2v) is 7.05. The van der Waals surface area contributed by atoms with Crippen LogP contribution in [0.25, 0.3) is 0 Å². The Morgan fingerprint density at radius 3 is 2.32 bits per heavy atom. The second-order valence-electron chi connectivity index (χ2n) is 7.05. The van der Waals surface area contributed by atoms with Gasteiger partial charge in [-0.1, -0.05) is 26.0 Å². The standard InChI is InChI=1S/C22H26F2N2O5/c1-14(2)13-30-17-7-4-15(5-8-17)11-25-20(27)12-26-21(28)16-6-9-18(31-22(23)24)19(10-16)29-3/h4-10,14,22H,11-13H2,1-3H3,(H,25,27)(H,26,28). The van der Waals surface area contributed by atoms with Gasteiger partial charge in [-0.15, -0.1) is 0 Å². The maximum Gasteiger partial charge on any atom is 0.387 e. The lowest BCUT2D eigenvalue weighted by Gasteiger charge is -2.12. The molecular formula is C22H26F2N2O5. The molecule has 0 spiro atoms. The van der Waals surface area contributed by atoms with E-state index in [1.54, 1.807) is 0 Å². The molecule has 2 aromatic carbocycles. The highest BCUT2D eigenvalue weighted by Crippen LogP contribution is 2.29. The molecule has 0 atom stereocenters. The van der Waals surface area contributed by atoms with Crippen molar-refractivity contribution in [1.82, 2.24) is 10.6 Å². The lowest BCUT2D eigenvalue weighted by molar-refractivity contribution is -0.120. The summed E-state index contributed by atoms with van der Waals surface area (Å²) >= 11 is 0. The van der Waals surface area contributed by atoms with Crippen LogP contribution < -0.4 is 24.8 Å². The first-order chi connectivity index (χ1) is 14.8. The molecule has 2 amide bonds. The summed E-state index contributed by atoms with van der Waals surface area (Å²) in [7, 11) is 1.27. The number of benzene rings is 2. The van der Waals surface area contributed by atoms with Crippen molar-refractivity contribution < 1.29 is 32.6 Å². The Hall–Kier alpha value is -3.36. The van der Waals surface area contributed by atoms with E-state index >= 15 is 0 Å². The van der Waals surface area contributed by atoms with Crippen molar-refractivity contribution in [2.24, 2.45) is 5.92 Å². The van der Waals surface area contributed by atoms with Gasteiger partial charge in [0.05, 0.1) is 20.3 Å². The third-order valence-electron chi connectivity index (χ3n) is 4.05. The molecule has 0 aliphatic carbocycles. The van der Waals surface area contributed by atoms with Crippen molar-refractivity contribution in [2.75, 3.05) is 20.3 Å². The second kappa shape index (κ2) is 11.7. The van der Waals surface area contributed by atoms with Gasteiger partial charge in [0.1, 0.15) is 5.75 Å². The maximum atomic E-state index is 12.4. The van der Waals surface area contributed by atoms with Crippen LogP contribution in [-0.2, 0) is 11.3 Å². The van der Waals surface area contributed by atoms with E-state index in [9.17, 15) is 18.4 Å². The van der Waals surface area contributed by atoms with Gasteiger partial charge in [-0.05, 0) is 41.8 Å². The van der Waals surface area contributed by atoms with Gasteiger partial charge in [-0.2, -0.15) is 8.78 Å². The van der Waals surface area contributed by atoms with Crippen molar-refractivity contribution in [3.05, 3.63) is 53.6 Å². The average Bonchev–Trinajstić information content (AvgIpc) is 2.75.